The number of rotatable bonds is 4. The van der Waals surface area contributed by atoms with Crippen LogP contribution in [0, 0.1) is 15.5 Å². The van der Waals surface area contributed by atoms with Crippen LogP contribution in [0.3, 0.4) is 0 Å². The van der Waals surface area contributed by atoms with Gasteiger partial charge in [-0.3, -0.25) is 19.7 Å². The zero-order chi connectivity index (χ0) is 15.6. The average Bonchev–Trinajstić information content (AvgIpc) is 2.46. The number of para-hydroxylation sites is 1. The van der Waals surface area contributed by atoms with Gasteiger partial charge >= 0.3 is 0 Å². The van der Waals surface area contributed by atoms with Crippen molar-refractivity contribution in [2.45, 2.75) is 19.8 Å². The van der Waals surface area contributed by atoms with E-state index in [1.165, 1.54) is 19.9 Å². The molecule has 1 heterocycles. The summed E-state index contributed by atoms with van der Waals surface area (Å²) in [7, 11) is 0. The largest absolute Gasteiger partial charge is 0.390 e. The van der Waals surface area contributed by atoms with Crippen LogP contribution in [-0.4, -0.2) is 23.0 Å². The van der Waals surface area contributed by atoms with Gasteiger partial charge in [-0.1, -0.05) is 24.3 Å². The second-order valence-electron chi connectivity index (χ2n) is 5.12. The molecule has 0 bridgehead atoms. The van der Waals surface area contributed by atoms with E-state index < -0.39 is 16.3 Å². The summed E-state index contributed by atoms with van der Waals surface area (Å²) in [4.78, 5) is 35.0. The molecule has 1 atom stereocenters. The van der Waals surface area contributed by atoms with Gasteiger partial charge in [-0.15, -0.1) is 0 Å². The molecule has 0 amide bonds. The van der Waals surface area contributed by atoms with E-state index in [1.807, 2.05) is 0 Å². The normalized spacial score (nSPS) is 19.6. The molecule has 1 aliphatic rings. The number of nitrogens with zero attached hydrogens (tertiary/aromatic N) is 1. The summed E-state index contributed by atoms with van der Waals surface area (Å²) in [5.41, 5.74) is -1.01. The standard InChI is InChI=1S/C15H16N2O4/c1-10(18)15(11(2)19)9-16-8-7-13(15)12-5-3-4-6-14(12)17(20)21/h3-8,13,16H,9H2,1-2H3. The summed E-state index contributed by atoms with van der Waals surface area (Å²) >= 11 is 0. The quantitative estimate of drug-likeness (QED) is 0.519. The van der Waals surface area contributed by atoms with Gasteiger partial charge in [-0.05, 0) is 20.0 Å². The van der Waals surface area contributed by atoms with E-state index in [2.05, 4.69) is 5.32 Å². The highest BCUT2D eigenvalue weighted by atomic mass is 16.6. The fourth-order valence-corrected chi connectivity index (χ4v) is 2.88. The molecule has 0 fully saturated rings. The van der Waals surface area contributed by atoms with Crippen molar-refractivity contribution >= 4 is 17.3 Å². The molecule has 21 heavy (non-hydrogen) atoms. The Kier molecular flexibility index (Phi) is 3.88. The van der Waals surface area contributed by atoms with Crippen molar-refractivity contribution in [2.24, 2.45) is 5.41 Å². The lowest BCUT2D eigenvalue weighted by Gasteiger charge is -2.37. The number of benzene rings is 1. The molecule has 0 aliphatic carbocycles. The van der Waals surface area contributed by atoms with Gasteiger partial charge in [0.2, 0.25) is 0 Å². The predicted molar refractivity (Wildman–Crippen MR) is 76.8 cm³/mol. The van der Waals surface area contributed by atoms with Crippen molar-refractivity contribution in [1.29, 1.82) is 0 Å². The highest BCUT2D eigenvalue weighted by molar-refractivity contribution is 6.07. The number of Topliss-reactive ketones (excluding diaryl/α,β-unsaturated/α-hetero) is 2. The first-order chi connectivity index (χ1) is 9.91. The van der Waals surface area contributed by atoms with E-state index in [9.17, 15) is 19.7 Å². The third kappa shape index (κ3) is 2.33. The first-order valence-electron chi connectivity index (χ1n) is 6.56. The second-order valence-corrected chi connectivity index (χ2v) is 5.12. The fourth-order valence-electron chi connectivity index (χ4n) is 2.88. The number of allylic oxidation sites excluding steroid dienone is 1. The molecule has 0 radical (unpaired) electrons. The Morgan fingerprint density at radius 1 is 1.29 bits per heavy atom. The molecule has 1 N–H and O–H groups in total. The molecule has 6 heteroatoms. The van der Waals surface area contributed by atoms with E-state index in [1.54, 1.807) is 30.5 Å². The lowest BCUT2D eigenvalue weighted by Crippen LogP contribution is -2.50. The van der Waals surface area contributed by atoms with E-state index in [0.29, 0.717) is 5.56 Å². The average molecular weight is 288 g/mol. The van der Waals surface area contributed by atoms with Crippen LogP contribution < -0.4 is 5.32 Å². The third-order valence-corrected chi connectivity index (χ3v) is 4.04. The van der Waals surface area contributed by atoms with Crippen LogP contribution >= 0.6 is 0 Å². The Morgan fingerprint density at radius 3 is 2.48 bits per heavy atom. The smallest absolute Gasteiger partial charge is 0.273 e. The third-order valence-electron chi connectivity index (χ3n) is 4.04. The van der Waals surface area contributed by atoms with Crippen molar-refractivity contribution in [2.75, 3.05) is 6.54 Å². The molecule has 1 aromatic carbocycles. The predicted octanol–water partition coefficient (Wildman–Crippen LogP) is 1.96. The van der Waals surface area contributed by atoms with Crippen molar-refractivity contribution in [3.63, 3.8) is 0 Å². The molecule has 0 spiro atoms. The van der Waals surface area contributed by atoms with Crippen LogP contribution in [0.4, 0.5) is 5.69 Å². The van der Waals surface area contributed by atoms with Crippen molar-refractivity contribution < 1.29 is 14.5 Å². The summed E-state index contributed by atoms with van der Waals surface area (Å²) in [5, 5.41) is 14.1. The SMILES string of the molecule is CC(=O)C1(C(C)=O)CNC=CC1c1ccccc1[N+](=O)[O-]. The van der Waals surface area contributed by atoms with E-state index in [4.69, 9.17) is 0 Å². The van der Waals surface area contributed by atoms with Crippen molar-refractivity contribution in [3.8, 4) is 0 Å². The van der Waals surface area contributed by atoms with E-state index in [-0.39, 0.29) is 23.8 Å². The maximum Gasteiger partial charge on any atom is 0.273 e. The number of carbonyl (C=O) groups is 2. The molecule has 0 saturated heterocycles. The molecule has 1 unspecified atom stereocenters. The van der Waals surface area contributed by atoms with Crippen LogP contribution in [-0.2, 0) is 9.59 Å². The van der Waals surface area contributed by atoms with E-state index in [0.717, 1.165) is 0 Å². The Bertz CT molecular complexity index is 622. The number of carbonyl (C=O) groups excluding carboxylic acids is 2. The molecule has 0 aromatic heterocycles. The lowest BCUT2D eigenvalue weighted by atomic mass is 9.65. The zero-order valence-corrected chi connectivity index (χ0v) is 11.8. The summed E-state index contributed by atoms with van der Waals surface area (Å²) < 4.78 is 0. The lowest BCUT2D eigenvalue weighted by molar-refractivity contribution is -0.385. The fraction of sp³-hybridized carbons (Fsp3) is 0.333. The van der Waals surface area contributed by atoms with Crippen LogP contribution in [0.1, 0.15) is 25.3 Å². The number of nitrogens with one attached hydrogen (secondary N) is 1. The summed E-state index contributed by atoms with van der Waals surface area (Å²) in [6.07, 6.45) is 3.28. The highest BCUT2D eigenvalue weighted by Crippen LogP contribution is 2.43. The number of ketones is 2. The summed E-state index contributed by atoms with van der Waals surface area (Å²) in [6, 6.07) is 6.22. The van der Waals surface area contributed by atoms with Gasteiger partial charge in [0.1, 0.15) is 17.0 Å². The Hall–Kier alpha value is -2.50. The number of nitro groups is 1. The molecular weight excluding hydrogens is 272 g/mol. The van der Waals surface area contributed by atoms with Crippen LogP contribution in [0.25, 0.3) is 0 Å². The molecule has 1 aliphatic heterocycles. The van der Waals surface area contributed by atoms with Gasteiger partial charge < -0.3 is 5.32 Å². The first kappa shape index (κ1) is 14.9. The van der Waals surface area contributed by atoms with Crippen LogP contribution in [0.15, 0.2) is 36.5 Å². The Balaban J connectivity index is 2.67. The number of hydrogen-bond acceptors (Lipinski definition) is 5. The van der Waals surface area contributed by atoms with Crippen LogP contribution in [0.2, 0.25) is 0 Å². The Morgan fingerprint density at radius 2 is 1.90 bits per heavy atom. The van der Waals surface area contributed by atoms with Gasteiger partial charge in [0, 0.05) is 24.1 Å². The summed E-state index contributed by atoms with van der Waals surface area (Å²) in [6.45, 7) is 2.85. The Labute approximate surface area is 122 Å². The van der Waals surface area contributed by atoms with Gasteiger partial charge in [0.25, 0.3) is 5.69 Å². The number of hydrogen-bond donors (Lipinski definition) is 1. The van der Waals surface area contributed by atoms with Crippen LogP contribution in [0.5, 0.6) is 0 Å². The highest BCUT2D eigenvalue weighted by Gasteiger charge is 2.49. The second kappa shape index (κ2) is 5.47. The molecule has 6 nitrogen and oxygen atoms in total. The minimum Gasteiger partial charge on any atom is -0.390 e. The van der Waals surface area contributed by atoms with Gasteiger partial charge in [-0.25, -0.2) is 0 Å². The minimum atomic E-state index is -1.30. The monoisotopic (exact) mass is 288 g/mol. The molecular formula is C15H16N2O4. The maximum absolute atomic E-state index is 12.2. The maximum atomic E-state index is 12.2. The van der Waals surface area contributed by atoms with E-state index >= 15 is 0 Å². The van der Waals surface area contributed by atoms with Gasteiger partial charge in [0.05, 0.1) is 4.92 Å². The zero-order valence-electron chi connectivity index (χ0n) is 11.8. The summed E-state index contributed by atoms with van der Waals surface area (Å²) in [5.74, 6) is -1.24. The minimum absolute atomic E-state index is 0.0825. The molecule has 110 valence electrons. The first-order valence-corrected chi connectivity index (χ1v) is 6.56. The van der Waals surface area contributed by atoms with Gasteiger partial charge in [0.15, 0.2) is 0 Å². The van der Waals surface area contributed by atoms with Crippen molar-refractivity contribution in [3.05, 3.63) is 52.2 Å². The number of nitro benzene ring substituents is 1. The van der Waals surface area contributed by atoms with Gasteiger partial charge in [-0.2, -0.15) is 0 Å². The molecule has 1 aromatic rings. The topological polar surface area (TPSA) is 89.3 Å². The molecule has 0 saturated carbocycles. The molecule has 2 rings (SSSR count). The van der Waals surface area contributed by atoms with Crippen molar-refractivity contribution in [1.82, 2.24) is 5.32 Å².